The van der Waals surface area contributed by atoms with Crippen LogP contribution in [0, 0.1) is 19.8 Å². The highest BCUT2D eigenvalue weighted by Crippen LogP contribution is 2.23. The van der Waals surface area contributed by atoms with Crippen LogP contribution in [0.15, 0.2) is 47.4 Å². The summed E-state index contributed by atoms with van der Waals surface area (Å²) in [5.41, 5.74) is 2.86. The fraction of sp³-hybridized carbons (Fsp3) is 0.381. The second-order valence-corrected chi connectivity index (χ2v) is 9.06. The summed E-state index contributed by atoms with van der Waals surface area (Å²) in [4.78, 5) is 14.7. The maximum absolute atomic E-state index is 12.8. The third-order valence-corrected chi connectivity index (χ3v) is 6.55. The predicted octanol–water partition coefficient (Wildman–Crippen LogP) is 3.98. The number of benzene rings is 2. The van der Waals surface area contributed by atoms with E-state index < -0.39 is 10.0 Å². The van der Waals surface area contributed by atoms with Crippen molar-refractivity contribution in [3.8, 4) is 0 Å². The number of piperidine rings is 1. The molecule has 27 heavy (non-hydrogen) atoms. The summed E-state index contributed by atoms with van der Waals surface area (Å²) in [6, 6.07) is 11.8. The fourth-order valence-electron chi connectivity index (χ4n) is 3.42. The molecule has 1 amide bonds. The highest BCUT2D eigenvalue weighted by Gasteiger charge is 2.24. The molecule has 1 fully saturated rings. The summed E-state index contributed by atoms with van der Waals surface area (Å²) in [6.45, 7) is 7.39. The molecule has 6 heteroatoms. The van der Waals surface area contributed by atoms with E-state index in [0.29, 0.717) is 17.2 Å². The summed E-state index contributed by atoms with van der Waals surface area (Å²) >= 11 is 0. The monoisotopic (exact) mass is 386 g/mol. The Hall–Kier alpha value is -2.34. The van der Waals surface area contributed by atoms with E-state index in [9.17, 15) is 13.2 Å². The first kappa shape index (κ1) is 19.4. The summed E-state index contributed by atoms with van der Waals surface area (Å²) in [5.74, 6) is 0.367. The Morgan fingerprint density at radius 3 is 2.63 bits per heavy atom. The first-order chi connectivity index (χ1) is 12.8. The lowest BCUT2D eigenvalue weighted by atomic mass is 9.99. The van der Waals surface area contributed by atoms with Crippen molar-refractivity contribution in [1.29, 1.82) is 0 Å². The van der Waals surface area contributed by atoms with Gasteiger partial charge in [-0.25, -0.2) is 8.42 Å². The average molecular weight is 387 g/mol. The SMILES string of the molecule is Cc1cccc(NS(=O)(=O)c2cccc(C(=O)N3CCCC(C)C3)c2)c1C. The molecule has 1 unspecified atom stereocenters. The number of aryl methyl sites for hydroxylation is 1. The van der Waals surface area contributed by atoms with Gasteiger partial charge in [-0.05, 0) is 68.0 Å². The number of nitrogens with one attached hydrogen (secondary N) is 1. The number of carbonyl (C=O) groups is 1. The number of amides is 1. The second-order valence-electron chi connectivity index (χ2n) is 7.38. The largest absolute Gasteiger partial charge is 0.338 e. The molecule has 1 saturated heterocycles. The fourth-order valence-corrected chi connectivity index (χ4v) is 4.59. The lowest BCUT2D eigenvalue weighted by Crippen LogP contribution is -2.39. The third kappa shape index (κ3) is 4.33. The molecule has 1 aliphatic rings. The summed E-state index contributed by atoms with van der Waals surface area (Å²) in [5, 5.41) is 0. The molecular weight excluding hydrogens is 360 g/mol. The Morgan fingerprint density at radius 2 is 1.89 bits per heavy atom. The zero-order valence-corrected chi connectivity index (χ0v) is 16.8. The number of anilines is 1. The predicted molar refractivity (Wildman–Crippen MR) is 107 cm³/mol. The standard InChI is InChI=1S/C21H26N2O3S/c1-15-7-6-12-23(14-15)21(24)18-9-5-10-19(13-18)27(25,26)22-20-11-4-8-16(2)17(20)3/h4-5,8-11,13,15,22H,6-7,12,14H2,1-3H3. The lowest BCUT2D eigenvalue weighted by molar-refractivity contribution is 0.0683. The third-order valence-electron chi connectivity index (χ3n) is 5.18. The molecule has 0 aromatic heterocycles. The van der Waals surface area contributed by atoms with E-state index in [0.717, 1.165) is 37.1 Å². The van der Waals surface area contributed by atoms with Crippen LogP contribution in [0.4, 0.5) is 5.69 Å². The van der Waals surface area contributed by atoms with Crippen molar-refractivity contribution >= 4 is 21.6 Å². The lowest BCUT2D eigenvalue weighted by Gasteiger charge is -2.31. The average Bonchev–Trinajstić information content (AvgIpc) is 2.65. The smallest absolute Gasteiger partial charge is 0.261 e. The minimum Gasteiger partial charge on any atom is -0.338 e. The number of likely N-dealkylation sites (tertiary alicyclic amines) is 1. The van der Waals surface area contributed by atoms with E-state index in [2.05, 4.69) is 11.6 Å². The Balaban J connectivity index is 1.85. The van der Waals surface area contributed by atoms with Crippen molar-refractivity contribution in [1.82, 2.24) is 4.90 Å². The van der Waals surface area contributed by atoms with Gasteiger partial charge in [0.15, 0.2) is 0 Å². The van der Waals surface area contributed by atoms with Crippen LogP contribution >= 0.6 is 0 Å². The first-order valence-corrected chi connectivity index (χ1v) is 10.7. The summed E-state index contributed by atoms with van der Waals surface area (Å²) < 4.78 is 28.3. The van der Waals surface area contributed by atoms with E-state index in [1.54, 1.807) is 18.2 Å². The zero-order chi connectivity index (χ0) is 19.6. The molecule has 0 spiro atoms. The molecule has 0 radical (unpaired) electrons. The van der Waals surface area contributed by atoms with Crippen LogP contribution in [-0.2, 0) is 10.0 Å². The van der Waals surface area contributed by atoms with E-state index in [1.807, 2.05) is 30.9 Å². The molecule has 1 N–H and O–H groups in total. The van der Waals surface area contributed by atoms with Gasteiger partial charge < -0.3 is 4.90 Å². The van der Waals surface area contributed by atoms with Crippen molar-refractivity contribution in [2.45, 2.75) is 38.5 Å². The molecule has 2 aromatic carbocycles. The van der Waals surface area contributed by atoms with E-state index >= 15 is 0 Å². The molecule has 2 aromatic rings. The maximum Gasteiger partial charge on any atom is 0.261 e. The molecule has 0 saturated carbocycles. The van der Waals surface area contributed by atoms with E-state index in [-0.39, 0.29) is 10.8 Å². The van der Waals surface area contributed by atoms with E-state index in [4.69, 9.17) is 0 Å². The van der Waals surface area contributed by atoms with Gasteiger partial charge in [-0.3, -0.25) is 9.52 Å². The zero-order valence-electron chi connectivity index (χ0n) is 16.0. The van der Waals surface area contributed by atoms with Crippen molar-refractivity contribution in [2.75, 3.05) is 17.8 Å². The van der Waals surface area contributed by atoms with Gasteiger partial charge in [-0.1, -0.05) is 25.1 Å². The number of sulfonamides is 1. The number of hydrogen-bond donors (Lipinski definition) is 1. The second kappa shape index (κ2) is 7.72. The Bertz CT molecular complexity index is 954. The Kier molecular flexibility index (Phi) is 5.56. The van der Waals surface area contributed by atoms with Gasteiger partial charge in [0.25, 0.3) is 15.9 Å². The summed E-state index contributed by atoms with van der Waals surface area (Å²) in [6.07, 6.45) is 2.11. The van der Waals surface area contributed by atoms with Crippen molar-refractivity contribution in [3.05, 3.63) is 59.2 Å². The van der Waals surface area contributed by atoms with Gasteiger partial charge in [-0.15, -0.1) is 0 Å². The molecule has 0 bridgehead atoms. The maximum atomic E-state index is 12.8. The van der Waals surface area contributed by atoms with Crippen LogP contribution in [-0.4, -0.2) is 32.3 Å². The molecule has 144 valence electrons. The number of rotatable bonds is 4. The minimum absolute atomic E-state index is 0.0966. The van der Waals surface area contributed by atoms with Crippen LogP contribution in [0.1, 0.15) is 41.3 Å². The normalized spacial score (nSPS) is 17.6. The molecule has 1 aliphatic heterocycles. The van der Waals surface area contributed by atoms with Crippen molar-refractivity contribution < 1.29 is 13.2 Å². The number of carbonyl (C=O) groups excluding carboxylic acids is 1. The summed E-state index contributed by atoms with van der Waals surface area (Å²) in [7, 11) is -3.77. The van der Waals surface area contributed by atoms with Crippen LogP contribution in [0.3, 0.4) is 0 Å². The van der Waals surface area contributed by atoms with Crippen LogP contribution in [0.25, 0.3) is 0 Å². The molecule has 5 nitrogen and oxygen atoms in total. The number of hydrogen-bond acceptors (Lipinski definition) is 3. The number of nitrogens with zero attached hydrogens (tertiary/aromatic N) is 1. The van der Waals surface area contributed by atoms with Gasteiger partial charge in [0.05, 0.1) is 10.6 Å². The highest BCUT2D eigenvalue weighted by atomic mass is 32.2. The van der Waals surface area contributed by atoms with Crippen molar-refractivity contribution in [2.24, 2.45) is 5.92 Å². The van der Waals surface area contributed by atoms with Gasteiger partial charge in [0, 0.05) is 18.7 Å². The van der Waals surface area contributed by atoms with Gasteiger partial charge in [0.1, 0.15) is 0 Å². The van der Waals surface area contributed by atoms with Gasteiger partial charge in [-0.2, -0.15) is 0 Å². The minimum atomic E-state index is -3.77. The van der Waals surface area contributed by atoms with Crippen molar-refractivity contribution in [3.63, 3.8) is 0 Å². The van der Waals surface area contributed by atoms with Crippen LogP contribution in [0.2, 0.25) is 0 Å². The van der Waals surface area contributed by atoms with Crippen LogP contribution < -0.4 is 4.72 Å². The molecule has 1 atom stereocenters. The quantitative estimate of drug-likeness (QED) is 0.864. The molecule has 0 aliphatic carbocycles. The van der Waals surface area contributed by atoms with Gasteiger partial charge >= 0.3 is 0 Å². The topological polar surface area (TPSA) is 66.5 Å². The van der Waals surface area contributed by atoms with Crippen LogP contribution in [0.5, 0.6) is 0 Å². The Morgan fingerprint density at radius 1 is 1.15 bits per heavy atom. The Labute approximate surface area is 161 Å². The first-order valence-electron chi connectivity index (χ1n) is 9.26. The highest BCUT2D eigenvalue weighted by molar-refractivity contribution is 7.92. The van der Waals surface area contributed by atoms with Gasteiger partial charge in [0.2, 0.25) is 0 Å². The molecule has 1 heterocycles. The van der Waals surface area contributed by atoms with E-state index in [1.165, 1.54) is 12.1 Å². The molecule has 3 rings (SSSR count). The molecular formula is C21H26N2O3S.